The van der Waals surface area contributed by atoms with Gasteiger partial charge in [-0.1, -0.05) is 12.1 Å². The molecule has 106 valence electrons. The summed E-state index contributed by atoms with van der Waals surface area (Å²) in [5.74, 6) is 2.41. The second-order valence-electron chi connectivity index (χ2n) is 4.85. The fourth-order valence-corrected chi connectivity index (χ4v) is 3.63. The summed E-state index contributed by atoms with van der Waals surface area (Å²) in [6.45, 7) is 0. The number of thioether (sulfide) groups is 1. The van der Waals surface area contributed by atoms with Gasteiger partial charge >= 0.3 is 5.97 Å². The Morgan fingerprint density at radius 2 is 2.25 bits per heavy atom. The summed E-state index contributed by atoms with van der Waals surface area (Å²) in [5, 5.41) is 3.34. The summed E-state index contributed by atoms with van der Waals surface area (Å²) >= 11 is 1.75. The van der Waals surface area contributed by atoms with Crippen LogP contribution in [0.2, 0.25) is 0 Å². The number of nitrogens with zero attached hydrogens (tertiary/aromatic N) is 2. The first kappa shape index (κ1) is 13.5. The van der Waals surface area contributed by atoms with Crippen molar-refractivity contribution in [2.24, 2.45) is 7.05 Å². The molecular formula is C14H17N3O2S. The Kier molecular flexibility index (Phi) is 3.67. The van der Waals surface area contributed by atoms with Crippen LogP contribution in [0.1, 0.15) is 11.9 Å². The van der Waals surface area contributed by atoms with Crippen molar-refractivity contribution < 1.29 is 9.53 Å². The molecule has 1 aliphatic rings. The van der Waals surface area contributed by atoms with Gasteiger partial charge in [0.2, 0.25) is 0 Å². The van der Waals surface area contributed by atoms with Crippen molar-refractivity contribution in [1.82, 2.24) is 14.9 Å². The molecule has 2 heterocycles. The number of imidazole rings is 1. The van der Waals surface area contributed by atoms with Crippen LogP contribution >= 0.6 is 11.8 Å². The number of methoxy groups -OCH3 is 1. The number of aryl methyl sites for hydroxylation is 1. The quantitative estimate of drug-likeness (QED) is 0.850. The van der Waals surface area contributed by atoms with Crippen LogP contribution in [0.3, 0.4) is 0 Å². The second-order valence-corrected chi connectivity index (χ2v) is 5.93. The third-order valence-electron chi connectivity index (χ3n) is 3.59. The van der Waals surface area contributed by atoms with E-state index in [0.29, 0.717) is 0 Å². The number of carbonyl (C=O) groups is 1. The van der Waals surface area contributed by atoms with Gasteiger partial charge in [-0.15, -0.1) is 0 Å². The lowest BCUT2D eigenvalue weighted by atomic mass is 10.2. The van der Waals surface area contributed by atoms with Gasteiger partial charge in [0.05, 0.1) is 24.2 Å². The Labute approximate surface area is 121 Å². The van der Waals surface area contributed by atoms with Gasteiger partial charge in [-0.2, -0.15) is 11.8 Å². The minimum absolute atomic E-state index is 0.0650. The van der Waals surface area contributed by atoms with E-state index >= 15 is 0 Å². The molecule has 1 aliphatic heterocycles. The van der Waals surface area contributed by atoms with Gasteiger partial charge in [-0.05, 0) is 12.1 Å². The molecule has 6 heteroatoms. The van der Waals surface area contributed by atoms with E-state index in [4.69, 9.17) is 9.72 Å². The lowest BCUT2D eigenvalue weighted by molar-refractivity contribution is -0.142. The molecule has 0 radical (unpaired) electrons. The molecule has 1 N–H and O–H groups in total. The average molecular weight is 291 g/mol. The molecule has 1 fully saturated rings. The lowest BCUT2D eigenvalue weighted by Crippen LogP contribution is -2.46. The topological polar surface area (TPSA) is 56.1 Å². The summed E-state index contributed by atoms with van der Waals surface area (Å²) < 4.78 is 6.91. The van der Waals surface area contributed by atoms with E-state index in [1.165, 1.54) is 7.11 Å². The first-order valence-corrected chi connectivity index (χ1v) is 7.69. The number of aromatic nitrogens is 2. The van der Waals surface area contributed by atoms with Crippen LogP contribution in [0.5, 0.6) is 0 Å². The molecule has 3 rings (SSSR count). The molecule has 0 spiro atoms. The molecule has 5 nitrogen and oxygen atoms in total. The van der Waals surface area contributed by atoms with Crippen molar-refractivity contribution in [1.29, 1.82) is 0 Å². The minimum atomic E-state index is -0.261. The number of benzene rings is 1. The van der Waals surface area contributed by atoms with Crippen LogP contribution in [0.15, 0.2) is 24.3 Å². The SMILES string of the molecule is COC(=O)C1CSCC(c2nc3ccccc3n2C)N1. The number of rotatable bonds is 2. The van der Waals surface area contributed by atoms with Crippen LogP contribution in [0.25, 0.3) is 11.0 Å². The van der Waals surface area contributed by atoms with Gasteiger partial charge in [0.15, 0.2) is 0 Å². The smallest absolute Gasteiger partial charge is 0.323 e. The Morgan fingerprint density at radius 1 is 1.45 bits per heavy atom. The first-order chi connectivity index (χ1) is 9.70. The number of esters is 1. The van der Waals surface area contributed by atoms with Crippen LogP contribution in [0.4, 0.5) is 0 Å². The summed E-state index contributed by atoms with van der Waals surface area (Å²) in [7, 11) is 3.44. The monoisotopic (exact) mass is 291 g/mol. The van der Waals surface area contributed by atoms with E-state index in [1.807, 2.05) is 25.2 Å². The molecule has 1 aromatic heterocycles. The highest BCUT2D eigenvalue weighted by atomic mass is 32.2. The Hall–Kier alpha value is -1.53. The molecule has 2 atom stereocenters. The fourth-order valence-electron chi connectivity index (χ4n) is 2.55. The van der Waals surface area contributed by atoms with Crippen molar-refractivity contribution in [3.8, 4) is 0 Å². The molecule has 0 saturated carbocycles. The van der Waals surface area contributed by atoms with Crippen molar-refractivity contribution in [3.05, 3.63) is 30.1 Å². The van der Waals surface area contributed by atoms with Crippen LogP contribution in [0, 0.1) is 0 Å². The molecular weight excluding hydrogens is 274 g/mol. The highest BCUT2D eigenvalue weighted by Gasteiger charge is 2.30. The Morgan fingerprint density at radius 3 is 3.00 bits per heavy atom. The number of hydrogen-bond donors (Lipinski definition) is 1. The van der Waals surface area contributed by atoms with Gasteiger partial charge in [0.1, 0.15) is 11.9 Å². The van der Waals surface area contributed by atoms with E-state index in [9.17, 15) is 4.79 Å². The van der Waals surface area contributed by atoms with Crippen LogP contribution in [-0.4, -0.2) is 40.2 Å². The zero-order valence-electron chi connectivity index (χ0n) is 11.5. The Bertz CT molecular complexity index is 640. The van der Waals surface area contributed by atoms with E-state index in [-0.39, 0.29) is 18.1 Å². The zero-order valence-corrected chi connectivity index (χ0v) is 12.3. The molecule has 0 amide bonds. The van der Waals surface area contributed by atoms with E-state index in [0.717, 1.165) is 28.4 Å². The maximum absolute atomic E-state index is 11.7. The number of para-hydroxylation sites is 2. The number of fused-ring (bicyclic) bond motifs is 1. The van der Waals surface area contributed by atoms with Crippen LogP contribution in [-0.2, 0) is 16.6 Å². The van der Waals surface area contributed by atoms with Gasteiger partial charge in [-0.25, -0.2) is 4.98 Å². The highest BCUT2D eigenvalue weighted by Crippen LogP contribution is 2.26. The van der Waals surface area contributed by atoms with Gasteiger partial charge in [0.25, 0.3) is 0 Å². The van der Waals surface area contributed by atoms with Gasteiger partial charge < -0.3 is 9.30 Å². The molecule has 0 bridgehead atoms. The third kappa shape index (κ3) is 2.29. The highest BCUT2D eigenvalue weighted by molar-refractivity contribution is 7.99. The summed E-state index contributed by atoms with van der Waals surface area (Å²) in [4.78, 5) is 16.4. The number of ether oxygens (including phenoxy) is 1. The van der Waals surface area contributed by atoms with Gasteiger partial charge in [0, 0.05) is 18.6 Å². The molecule has 1 aromatic carbocycles. The fraction of sp³-hybridized carbons (Fsp3) is 0.429. The van der Waals surface area contributed by atoms with Gasteiger partial charge in [-0.3, -0.25) is 10.1 Å². The average Bonchev–Trinajstić information content (AvgIpc) is 2.84. The van der Waals surface area contributed by atoms with Crippen LogP contribution < -0.4 is 5.32 Å². The normalized spacial score (nSPS) is 22.9. The summed E-state index contributed by atoms with van der Waals surface area (Å²) in [6, 6.07) is 7.86. The maximum Gasteiger partial charge on any atom is 0.323 e. The lowest BCUT2D eigenvalue weighted by Gasteiger charge is -2.28. The summed E-state index contributed by atoms with van der Waals surface area (Å²) in [5.41, 5.74) is 2.09. The van der Waals surface area contributed by atoms with Crippen molar-refractivity contribution >= 4 is 28.8 Å². The largest absolute Gasteiger partial charge is 0.468 e. The molecule has 0 aliphatic carbocycles. The van der Waals surface area contributed by atoms with Crippen molar-refractivity contribution in [3.63, 3.8) is 0 Å². The van der Waals surface area contributed by atoms with Crippen molar-refractivity contribution in [2.45, 2.75) is 12.1 Å². The minimum Gasteiger partial charge on any atom is -0.468 e. The van der Waals surface area contributed by atoms with E-state index in [1.54, 1.807) is 11.8 Å². The molecule has 2 unspecified atom stereocenters. The number of carbonyl (C=O) groups excluding carboxylic acids is 1. The standard InChI is InChI=1S/C14H17N3O2S/c1-17-12-6-4-3-5-9(12)16-13(17)10-7-20-8-11(15-10)14(18)19-2/h3-6,10-11,15H,7-8H2,1-2H3. The van der Waals surface area contributed by atoms with Crippen molar-refractivity contribution in [2.75, 3.05) is 18.6 Å². The Balaban J connectivity index is 1.90. The third-order valence-corrected chi connectivity index (χ3v) is 4.73. The zero-order chi connectivity index (χ0) is 14.1. The molecule has 2 aromatic rings. The summed E-state index contributed by atoms with van der Waals surface area (Å²) in [6.07, 6.45) is 0. The predicted octanol–water partition coefficient (Wildman–Crippen LogP) is 1.49. The first-order valence-electron chi connectivity index (χ1n) is 6.53. The predicted molar refractivity (Wildman–Crippen MR) is 79.7 cm³/mol. The number of nitrogens with one attached hydrogen (secondary N) is 1. The van der Waals surface area contributed by atoms with E-state index in [2.05, 4.69) is 16.0 Å². The number of hydrogen-bond acceptors (Lipinski definition) is 5. The molecule has 20 heavy (non-hydrogen) atoms. The maximum atomic E-state index is 11.7. The van der Waals surface area contributed by atoms with E-state index < -0.39 is 0 Å². The molecule has 1 saturated heterocycles. The second kappa shape index (κ2) is 5.46.